The first-order chi connectivity index (χ1) is 9.20. The van der Waals surface area contributed by atoms with Gasteiger partial charge in [-0.05, 0) is 18.7 Å². The Kier molecular flexibility index (Phi) is 4.93. The number of likely N-dealkylation sites (N-methyl/N-ethyl adjacent to an activating group) is 1. The largest absolute Gasteiger partial charge is 0.333 e. The van der Waals surface area contributed by atoms with Crippen LogP contribution in [0, 0.1) is 5.82 Å². The average molecular weight is 282 g/mol. The highest BCUT2D eigenvalue weighted by atomic mass is 35.5. The number of benzene rings is 1. The van der Waals surface area contributed by atoms with E-state index in [4.69, 9.17) is 11.6 Å². The zero-order chi connectivity index (χ0) is 13.7. The lowest BCUT2D eigenvalue weighted by atomic mass is 10.2. The molecule has 2 aromatic rings. The van der Waals surface area contributed by atoms with Gasteiger partial charge in [-0.25, -0.2) is 9.37 Å². The van der Waals surface area contributed by atoms with E-state index in [9.17, 15) is 4.39 Å². The summed E-state index contributed by atoms with van der Waals surface area (Å²) in [5, 5.41) is 3.69. The van der Waals surface area contributed by atoms with E-state index >= 15 is 0 Å². The fraction of sp³-hybridized carbons (Fsp3) is 0.357. The molecule has 0 fully saturated rings. The molecule has 0 aliphatic carbocycles. The molecule has 19 heavy (non-hydrogen) atoms. The smallest absolute Gasteiger partial charge is 0.129 e. The molecule has 1 aromatic carbocycles. The highest BCUT2D eigenvalue weighted by molar-refractivity contribution is 6.31. The predicted molar refractivity (Wildman–Crippen MR) is 75.0 cm³/mol. The van der Waals surface area contributed by atoms with Crippen molar-refractivity contribution in [2.75, 3.05) is 13.1 Å². The minimum absolute atomic E-state index is 0.282. The first-order valence-corrected chi connectivity index (χ1v) is 6.72. The Balaban J connectivity index is 2.03. The molecule has 0 unspecified atom stereocenters. The number of nitrogens with one attached hydrogen (secondary N) is 1. The van der Waals surface area contributed by atoms with Gasteiger partial charge in [-0.2, -0.15) is 0 Å². The maximum atomic E-state index is 13.7. The van der Waals surface area contributed by atoms with Crippen LogP contribution in [-0.4, -0.2) is 22.6 Å². The lowest BCUT2D eigenvalue weighted by molar-refractivity contribution is 0.599. The van der Waals surface area contributed by atoms with Gasteiger partial charge in [-0.1, -0.05) is 24.6 Å². The van der Waals surface area contributed by atoms with Gasteiger partial charge in [0.2, 0.25) is 0 Å². The molecule has 0 saturated carbocycles. The van der Waals surface area contributed by atoms with Crippen molar-refractivity contribution >= 4 is 11.6 Å². The standard InChI is InChI=1S/C14H17ClFN3/c1-2-17-7-6-11-8-19(10-18-11)9-12-13(15)4-3-5-14(12)16/h3-5,8,10,17H,2,6-7,9H2,1H3. The Morgan fingerprint density at radius 2 is 2.26 bits per heavy atom. The van der Waals surface area contributed by atoms with Gasteiger partial charge in [-0.15, -0.1) is 0 Å². The molecule has 0 spiro atoms. The summed E-state index contributed by atoms with van der Waals surface area (Å²) in [5.74, 6) is -0.282. The lowest BCUT2D eigenvalue weighted by Crippen LogP contribution is -2.16. The molecule has 0 atom stereocenters. The molecule has 0 bridgehead atoms. The van der Waals surface area contributed by atoms with Crippen molar-refractivity contribution in [3.05, 3.63) is 52.8 Å². The molecular formula is C14H17ClFN3. The van der Waals surface area contributed by atoms with Crippen LogP contribution in [0.15, 0.2) is 30.7 Å². The molecule has 0 radical (unpaired) electrons. The van der Waals surface area contributed by atoms with E-state index in [1.54, 1.807) is 18.5 Å². The van der Waals surface area contributed by atoms with Crippen molar-refractivity contribution in [3.63, 3.8) is 0 Å². The second-order valence-electron chi connectivity index (χ2n) is 4.34. The maximum absolute atomic E-state index is 13.7. The van der Waals surface area contributed by atoms with Crippen LogP contribution in [-0.2, 0) is 13.0 Å². The molecule has 0 saturated heterocycles. The van der Waals surface area contributed by atoms with E-state index in [0.717, 1.165) is 25.2 Å². The zero-order valence-corrected chi connectivity index (χ0v) is 11.6. The van der Waals surface area contributed by atoms with Crippen LogP contribution in [0.3, 0.4) is 0 Å². The Morgan fingerprint density at radius 3 is 3.00 bits per heavy atom. The zero-order valence-electron chi connectivity index (χ0n) is 10.9. The SMILES string of the molecule is CCNCCc1cn(Cc2c(F)cccc2Cl)cn1. The Bertz CT molecular complexity index is 519. The third-order valence-electron chi connectivity index (χ3n) is 2.90. The predicted octanol–water partition coefficient (Wildman–Crippen LogP) is 2.88. The number of halogens is 2. The van der Waals surface area contributed by atoms with Gasteiger partial charge in [0, 0.05) is 29.7 Å². The summed E-state index contributed by atoms with van der Waals surface area (Å²) in [7, 11) is 0. The first-order valence-electron chi connectivity index (χ1n) is 6.35. The quantitative estimate of drug-likeness (QED) is 0.825. The van der Waals surface area contributed by atoms with E-state index < -0.39 is 0 Å². The van der Waals surface area contributed by atoms with Crippen LogP contribution in [0.1, 0.15) is 18.2 Å². The normalized spacial score (nSPS) is 10.9. The van der Waals surface area contributed by atoms with Crippen LogP contribution in [0.25, 0.3) is 0 Å². The molecule has 1 aromatic heterocycles. The van der Waals surface area contributed by atoms with Gasteiger partial charge in [0.15, 0.2) is 0 Å². The van der Waals surface area contributed by atoms with Crippen LogP contribution < -0.4 is 5.32 Å². The Hall–Kier alpha value is -1.39. The van der Waals surface area contributed by atoms with Gasteiger partial charge in [0.1, 0.15) is 5.82 Å². The van der Waals surface area contributed by atoms with Crippen molar-refractivity contribution in [1.82, 2.24) is 14.9 Å². The summed E-state index contributed by atoms with van der Waals surface area (Å²) in [6, 6.07) is 4.73. The van der Waals surface area contributed by atoms with Crippen molar-refractivity contribution in [3.8, 4) is 0 Å². The number of imidazole rings is 1. The summed E-state index contributed by atoms with van der Waals surface area (Å²) in [6.07, 6.45) is 4.51. The van der Waals surface area contributed by atoms with Crippen LogP contribution >= 0.6 is 11.6 Å². The van der Waals surface area contributed by atoms with Crippen molar-refractivity contribution in [2.24, 2.45) is 0 Å². The number of nitrogens with zero attached hydrogens (tertiary/aromatic N) is 2. The molecule has 5 heteroatoms. The number of hydrogen-bond acceptors (Lipinski definition) is 2. The van der Waals surface area contributed by atoms with E-state index in [1.165, 1.54) is 6.07 Å². The summed E-state index contributed by atoms with van der Waals surface area (Å²) < 4.78 is 15.5. The minimum atomic E-state index is -0.282. The molecule has 2 rings (SSSR count). The Morgan fingerprint density at radius 1 is 1.42 bits per heavy atom. The number of aromatic nitrogens is 2. The molecule has 3 nitrogen and oxygen atoms in total. The van der Waals surface area contributed by atoms with Crippen LogP contribution in [0.2, 0.25) is 5.02 Å². The van der Waals surface area contributed by atoms with Crippen LogP contribution in [0.4, 0.5) is 4.39 Å². The van der Waals surface area contributed by atoms with Gasteiger partial charge in [-0.3, -0.25) is 0 Å². The van der Waals surface area contributed by atoms with E-state index in [1.807, 2.05) is 10.8 Å². The minimum Gasteiger partial charge on any atom is -0.333 e. The van der Waals surface area contributed by atoms with Crippen molar-refractivity contribution in [2.45, 2.75) is 19.9 Å². The third kappa shape index (κ3) is 3.78. The molecule has 1 heterocycles. The molecule has 0 aliphatic heterocycles. The summed E-state index contributed by atoms with van der Waals surface area (Å²) in [4.78, 5) is 4.30. The topological polar surface area (TPSA) is 29.9 Å². The summed E-state index contributed by atoms with van der Waals surface area (Å²) in [5.41, 5.74) is 1.49. The number of rotatable bonds is 6. The van der Waals surface area contributed by atoms with E-state index in [2.05, 4.69) is 17.2 Å². The fourth-order valence-electron chi connectivity index (χ4n) is 1.88. The highest BCUT2D eigenvalue weighted by Gasteiger charge is 2.08. The highest BCUT2D eigenvalue weighted by Crippen LogP contribution is 2.20. The van der Waals surface area contributed by atoms with Crippen molar-refractivity contribution < 1.29 is 4.39 Å². The third-order valence-corrected chi connectivity index (χ3v) is 3.25. The summed E-state index contributed by atoms with van der Waals surface area (Å²) >= 11 is 6.00. The Labute approximate surface area is 117 Å². The van der Waals surface area contributed by atoms with E-state index in [0.29, 0.717) is 17.1 Å². The lowest BCUT2D eigenvalue weighted by Gasteiger charge is -2.06. The second-order valence-corrected chi connectivity index (χ2v) is 4.75. The van der Waals surface area contributed by atoms with Crippen molar-refractivity contribution in [1.29, 1.82) is 0 Å². The second kappa shape index (κ2) is 6.68. The molecule has 102 valence electrons. The van der Waals surface area contributed by atoms with Gasteiger partial charge >= 0.3 is 0 Å². The van der Waals surface area contributed by atoms with Gasteiger partial charge < -0.3 is 9.88 Å². The van der Waals surface area contributed by atoms with Crippen LogP contribution in [0.5, 0.6) is 0 Å². The fourth-order valence-corrected chi connectivity index (χ4v) is 2.10. The first kappa shape index (κ1) is 14.0. The van der Waals surface area contributed by atoms with E-state index in [-0.39, 0.29) is 5.82 Å². The molecular weight excluding hydrogens is 265 g/mol. The summed E-state index contributed by atoms with van der Waals surface area (Å²) in [6.45, 7) is 4.32. The maximum Gasteiger partial charge on any atom is 0.129 e. The van der Waals surface area contributed by atoms with Gasteiger partial charge in [0.05, 0.1) is 18.6 Å². The monoisotopic (exact) mass is 281 g/mol. The average Bonchev–Trinajstić information content (AvgIpc) is 2.82. The van der Waals surface area contributed by atoms with Gasteiger partial charge in [0.25, 0.3) is 0 Å². The molecule has 0 amide bonds. The number of hydrogen-bond donors (Lipinski definition) is 1. The molecule has 0 aliphatic rings. The molecule has 1 N–H and O–H groups in total.